The second-order valence-electron chi connectivity index (χ2n) is 5.28. The first-order valence-corrected chi connectivity index (χ1v) is 8.43. The summed E-state index contributed by atoms with van der Waals surface area (Å²) < 4.78 is 2.09. The first-order chi connectivity index (χ1) is 10.2. The molecule has 0 N–H and O–H groups in total. The molecule has 0 unspecified atom stereocenters. The van der Waals surface area contributed by atoms with E-state index in [0.29, 0.717) is 11.9 Å². The number of alkyl halides is 1. The van der Waals surface area contributed by atoms with Crippen molar-refractivity contribution in [2.24, 2.45) is 0 Å². The van der Waals surface area contributed by atoms with Gasteiger partial charge >= 0.3 is 0 Å². The van der Waals surface area contributed by atoms with E-state index in [-0.39, 0.29) is 0 Å². The first kappa shape index (κ1) is 14.4. The highest BCUT2D eigenvalue weighted by Gasteiger charge is 2.20. The van der Waals surface area contributed by atoms with E-state index in [1.165, 1.54) is 5.56 Å². The summed E-state index contributed by atoms with van der Waals surface area (Å²) in [6.07, 6.45) is 2.04. The van der Waals surface area contributed by atoms with Crippen LogP contribution in [0.4, 0.5) is 5.82 Å². The third kappa shape index (κ3) is 2.78. The minimum atomic E-state index is 0.358. The van der Waals surface area contributed by atoms with Crippen molar-refractivity contribution in [2.45, 2.75) is 32.3 Å². The molecule has 5 heteroatoms. The van der Waals surface area contributed by atoms with Crippen molar-refractivity contribution in [2.75, 3.05) is 4.90 Å². The third-order valence-corrected chi connectivity index (χ3v) is 4.57. The quantitative estimate of drug-likeness (QED) is 0.643. The van der Waals surface area contributed by atoms with Gasteiger partial charge in [0.15, 0.2) is 10.8 Å². The number of anilines is 1. The normalized spacial score (nSPS) is 11.4. The fourth-order valence-corrected chi connectivity index (χ4v) is 3.43. The average molecular weight is 320 g/mol. The Morgan fingerprint density at radius 2 is 2.05 bits per heavy atom. The number of thiazole rings is 1. The molecule has 0 aliphatic carbocycles. The van der Waals surface area contributed by atoms with Crippen molar-refractivity contribution in [3.05, 3.63) is 53.2 Å². The maximum Gasteiger partial charge on any atom is 0.195 e. The summed E-state index contributed by atoms with van der Waals surface area (Å²) in [6.45, 7) is 5.22. The highest BCUT2D eigenvalue weighted by atomic mass is 35.5. The van der Waals surface area contributed by atoms with Gasteiger partial charge in [-0.25, -0.2) is 4.98 Å². The minimum Gasteiger partial charge on any atom is -0.348 e. The van der Waals surface area contributed by atoms with Crippen LogP contribution in [0.1, 0.15) is 25.1 Å². The fourth-order valence-electron chi connectivity index (χ4n) is 2.46. The van der Waals surface area contributed by atoms with E-state index in [1.54, 1.807) is 11.3 Å². The van der Waals surface area contributed by atoms with Gasteiger partial charge in [-0.15, -0.1) is 22.9 Å². The maximum atomic E-state index is 6.18. The molecule has 2 heterocycles. The minimum absolute atomic E-state index is 0.358. The van der Waals surface area contributed by atoms with Crippen molar-refractivity contribution >= 4 is 33.7 Å². The maximum absolute atomic E-state index is 6.18. The lowest BCUT2D eigenvalue weighted by Crippen LogP contribution is -2.31. The van der Waals surface area contributed by atoms with Crippen LogP contribution in [-0.4, -0.2) is 15.4 Å². The lowest BCUT2D eigenvalue weighted by Gasteiger charge is -2.27. The van der Waals surface area contributed by atoms with Gasteiger partial charge in [0, 0.05) is 24.2 Å². The van der Waals surface area contributed by atoms with E-state index in [9.17, 15) is 0 Å². The van der Waals surface area contributed by atoms with E-state index < -0.39 is 0 Å². The fraction of sp³-hybridized carbons (Fsp3) is 0.312. The number of fused-ring (bicyclic) bond motifs is 1. The molecule has 0 saturated carbocycles. The number of imidazole rings is 1. The Morgan fingerprint density at radius 1 is 1.29 bits per heavy atom. The molecule has 0 saturated heterocycles. The number of benzene rings is 1. The topological polar surface area (TPSA) is 20.5 Å². The predicted octanol–water partition coefficient (Wildman–Crippen LogP) is 4.55. The number of rotatable bonds is 5. The third-order valence-electron chi connectivity index (χ3n) is 3.56. The summed E-state index contributed by atoms with van der Waals surface area (Å²) in [7, 11) is 0. The highest BCUT2D eigenvalue weighted by molar-refractivity contribution is 7.15. The molecular weight excluding hydrogens is 302 g/mol. The Hall–Kier alpha value is -1.52. The van der Waals surface area contributed by atoms with E-state index >= 15 is 0 Å². The summed E-state index contributed by atoms with van der Waals surface area (Å²) in [4.78, 5) is 8.10. The van der Waals surface area contributed by atoms with Crippen molar-refractivity contribution in [3.8, 4) is 0 Å². The molecule has 2 aromatic heterocycles. The lowest BCUT2D eigenvalue weighted by molar-refractivity contribution is 0.672. The molecule has 3 nitrogen and oxygen atoms in total. The SMILES string of the molecule is CC(C)N(Cc1ccccc1)c1nc2sccn2c1CCl. The van der Waals surface area contributed by atoms with Gasteiger partial charge in [-0.3, -0.25) is 4.40 Å². The van der Waals surface area contributed by atoms with Crippen LogP contribution in [-0.2, 0) is 12.4 Å². The summed E-state index contributed by atoms with van der Waals surface area (Å²) in [5.41, 5.74) is 2.35. The smallest absolute Gasteiger partial charge is 0.195 e. The Balaban J connectivity index is 2.01. The van der Waals surface area contributed by atoms with Crippen LogP contribution in [0.3, 0.4) is 0 Å². The summed E-state index contributed by atoms with van der Waals surface area (Å²) in [5, 5.41) is 2.04. The molecule has 0 fully saturated rings. The molecular formula is C16H18ClN3S. The van der Waals surface area contributed by atoms with Crippen LogP contribution in [0.2, 0.25) is 0 Å². The molecule has 0 aliphatic rings. The number of aromatic nitrogens is 2. The van der Waals surface area contributed by atoms with Crippen LogP contribution >= 0.6 is 22.9 Å². The second-order valence-corrected chi connectivity index (χ2v) is 6.42. The highest BCUT2D eigenvalue weighted by Crippen LogP contribution is 2.28. The average Bonchev–Trinajstić information content (AvgIpc) is 3.05. The zero-order chi connectivity index (χ0) is 14.8. The van der Waals surface area contributed by atoms with Crippen LogP contribution < -0.4 is 4.90 Å². The van der Waals surface area contributed by atoms with E-state index in [1.807, 2.05) is 17.6 Å². The van der Waals surface area contributed by atoms with Gasteiger partial charge in [-0.1, -0.05) is 30.3 Å². The van der Waals surface area contributed by atoms with Crippen LogP contribution in [0, 0.1) is 0 Å². The summed E-state index contributed by atoms with van der Waals surface area (Å²) >= 11 is 7.82. The summed E-state index contributed by atoms with van der Waals surface area (Å²) in [6, 6.07) is 10.8. The zero-order valence-corrected chi connectivity index (χ0v) is 13.7. The first-order valence-electron chi connectivity index (χ1n) is 7.01. The van der Waals surface area contributed by atoms with Gasteiger partial charge in [0.25, 0.3) is 0 Å². The molecule has 21 heavy (non-hydrogen) atoms. The second kappa shape index (κ2) is 6.08. The molecule has 3 rings (SSSR count). The predicted molar refractivity (Wildman–Crippen MR) is 90.4 cm³/mol. The van der Waals surface area contributed by atoms with Gasteiger partial charge in [0.05, 0.1) is 11.6 Å². The monoisotopic (exact) mass is 319 g/mol. The molecule has 0 atom stereocenters. The van der Waals surface area contributed by atoms with Gasteiger partial charge in [-0.2, -0.15) is 0 Å². The molecule has 0 amide bonds. The zero-order valence-electron chi connectivity index (χ0n) is 12.2. The van der Waals surface area contributed by atoms with Crippen molar-refractivity contribution < 1.29 is 0 Å². The van der Waals surface area contributed by atoms with Crippen molar-refractivity contribution in [1.29, 1.82) is 0 Å². The van der Waals surface area contributed by atoms with Gasteiger partial charge in [0.1, 0.15) is 0 Å². The van der Waals surface area contributed by atoms with E-state index in [0.717, 1.165) is 23.0 Å². The van der Waals surface area contributed by atoms with Gasteiger partial charge in [0.2, 0.25) is 0 Å². The molecule has 110 valence electrons. The number of hydrogen-bond donors (Lipinski definition) is 0. The Morgan fingerprint density at radius 3 is 2.71 bits per heavy atom. The molecule has 0 aliphatic heterocycles. The Kier molecular flexibility index (Phi) is 4.17. The van der Waals surface area contributed by atoms with Gasteiger partial charge in [-0.05, 0) is 19.4 Å². The number of halogens is 1. The van der Waals surface area contributed by atoms with Gasteiger partial charge < -0.3 is 4.90 Å². The van der Waals surface area contributed by atoms with Crippen LogP contribution in [0.25, 0.3) is 4.96 Å². The Labute approximate surface area is 133 Å². The van der Waals surface area contributed by atoms with Crippen LogP contribution in [0.15, 0.2) is 41.9 Å². The van der Waals surface area contributed by atoms with Crippen molar-refractivity contribution in [3.63, 3.8) is 0 Å². The standard InChI is InChI=1S/C16H18ClN3S/c1-12(2)20(11-13-6-4-3-5-7-13)15-14(10-17)19-8-9-21-16(19)18-15/h3-9,12H,10-11H2,1-2H3. The Bertz CT molecular complexity index is 718. The molecule has 3 aromatic rings. The molecule has 1 aromatic carbocycles. The molecule has 0 bridgehead atoms. The lowest BCUT2D eigenvalue weighted by atomic mass is 10.2. The van der Waals surface area contributed by atoms with Crippen LogP contribution in [0.5, 0.6) is 0 Å². The molecule has 0 spiro atoms. The summed E-state index contributed by atoms with van der Waals surface area (Å²) in [5.74, 6) is 1.46. The van der Waals surface area contributed by atoms with Crippen molar-refractivity contribution in [1.82, 2.24) is 9.38 Å². The number of nitrogens with zero attached hydrogens (tertiary/aromatic N) is 3. The van der Waals surface area contributed by atoms with E-state index in [2.05, 4.69) is 47.4 Å². The van der Waals surface area contributed by atoms with E-state index in [4.69, 9.17) is 16.6 Å². The number of hydrogen-bond acceptors (Lipinski definition) is 3. The largest absolute Gasteiger partial charge is 0.348 e. The molecule has 0 radical (unpaired) electrons.